The highest BCUT2D eigenvalue weighted by atomic mass is 16.3. The van der Waals surface area contributed by atoms with Crippen molar-refractivity contribution in [2.24, 2.45) is 11.8 Å². The topological polar surface area (TPSA) is 106 Å². The zero-order chi connectivity index (χ0) is 34.1. The van der Waals surface area contributed by atoms with Crippen LogP contribution in [0.2, 0.25) is 0 Å². The van der Waals surface area contributed by atoms with Crippen LogP contribution in [-0.4, -0.2) is 102 Å². The predicted molar refractivity (Wildman–Crippen MR) is 180 cm³/mol. The molecule has 2 atom stereocenters. The van der Waals surface area contributed by atoms with E-state index >= 15 is 0 Å². The molecule has 2 aliphatic heterocycles. The van der Waals surface area contributed by atoms with Crippen molar-refractivity contribution in [3.05, 3.63) is 35.8 Å². The molecule has 2 fully saturated rings. The summed E-state index contributed by atoms with van der Waals surface area (Å²) in [6, 6.07) is 3.51. The Hall–Kier alpha value is -3.14. The zero-order valence-corrected chi connectivity index (χ0v) is 29.7. The van der Waals surface area contributed by atoms with Crippen molar-refractivity contribution >= 4 is 24.1 Å². The van der Waals surface area contributed by atoms with Gasteiger partial charge < -0.3 is 29.3 Å². The van der Waals surface area contributed by atoms with E-state index in [0.29, 0.717) is 37.3 Å². The lowest BCUT2D eigenvalue weighted by molar-refractivity contribution is -0.141. The summed E-state index contributed by atoms with van der Waals surface area (Å²) in [6.45, 7) is 20.1. The minimum Gasteiger partial charge on any atom is -0.467 e. The highest BCUT2D eigenvalue weighted by Gasteiger charge is 2.36. The number of likely N-dealkylation sites (N-methyl/N-ethyl adjacent to an activating group) is 2. The summed E-state index contributed by atoms with van der Waals surface area (Å²) in [5.41, 5.74) is 0.486. The molecule has 256 valence electrons. The fourth-order valence-electron chi connectivity index (χ4n) is 5.40. The number of piperidine rings is 1. The zero-order valence-electron chi connectivity index (χ0n) is 29.7. The van der Waals surface area contributed by atoms with Gasteiger partial charge >= 0.3 is 0 Å². The third-order valence-electron chi connectivity index (χ3n) is 7.89. The Balaban J connectivity index is 0.000000644. The van der Waals surface area contributed by atoms with Gasteiger partial charge in [-0.05, 0) is 83.5 Å². The number of hydrogen-bond acceptors (Lipinski definition) is 6. The molecular weight excluding hydrogens is 570 g/mol. The van der Waals surface area contributed by atoms with Crippen LogP contribution in [0.25, 0.3) is 0 Å². The van der Waals surface area contributed by atoms with Crippen LogP contribution < -0.4 is 5.32 Å². The molecule has 0 spiro atoms. The molecule has 4 amide bonds. The van der Waals surface area contributed by atoms with Crippen molar-refractivity contribution in [1.29, 1.82) is 0 Å². The Morgan fingerprint density at radius 1 is 1.00 bits per heavy atom. The van der Waals surface area contributed by atoms with Crippen LogP contribution in [0.4, 0.5) is 0 Å². The summed E-state index contributed by atoms with van der Waals surface area (Å²) in [6.07, 6.45) is 9.47. The molecule has 10 nitrogen and oxygen atoms in total. The number of nitrogens with zero attached hydrogens (tertiary/aromatic N) is 4. The van der Waals surface area contributed by atoms with Crippen molar-refractivity contribution in [3.8, 4) is 0 Å². The molecule has 10 heteroatoms. The minimum absolute atomic E-state index is 0.0540. The fourth-order valence-corrected chi connectivity index (χ4v) is 5.40. The Morgan fingerprint density at radius 3 is 2.11 bits per heavy atom. The van der Waals surface area contributed by atoms with Crippen LogP contribution in [0, 0.1) is 11.8 Å². The smallest absolute Gasteiger partial charge is 0.249 e. The lowest BCUT2D eigenvalue weighted by Gasteiger charge is -2.31. The van der Waals surface area contributed by atoms with Gasteiger partial charge in [-0.3, -0.25) is 19.2 Å². The number of hydrogen-bond donors (Lipinski definition) is 1. The van der Waals surface area contributed by atoms with Crippen LogP contribution >= 0.6 is 0 Å². The van der Waals surface area contributed by atoms with Gasteiger partial charge in [0.05, 0.1) is 25.4 Å². The minimum atomic E-state index is -0.514. The van der Waals surface area contributed by atoms with Crippen LogP contribution in [0.15, 0.2) is 34.5 Å². The number of rotatable bonds is 11. The van der Waals surface area contributed by atoms with Crippen LogP contribution in [0.1, 0.15) is 93.3 Å². The summed E-state index contributed by atoms with van der Waals surface area (Å²) in [5, 5.41) is 2.37. The van der Waals surface area contributed by atoms with Crippen LogP contribution in [0.3, 0.4) is 0 Å². The van der Waals surface area contributed by atoms with Crippen molar-refractivity contribution in [2.45, 2.75) is 112 Å². The highest BCUT2D eigenvalue weighted by molar-refractivity contribution is 5.97. The molecule has 2 saturated heterocycles. The molecule has 0 radical (unpaired) electrons. The number of furan rings is 1. The summed E-state index contributed by atoms with van der Waals surface area (Å²) in [4.78, 5) is 56.4. The second kappa shape index (κ2) is 20.8. The molecule has 45 heavy (non-hydrogen) atoms. The van der Waals surface area contributed by atoms with Crippen molar-refractivity contribution < 1.29 is 23.6 Å². The van der Waals surface area contributed by atoms with Gasteiger partial charge in [0.15, 0.2) is 0 Å². The van der Waals surface area contributed by atoms with Gasteiger partial charge in [0, 0.05) is 32.3 Å². The maximum atomic E-state index is 13.2. The molecule has 0 bridgehead atoms. The Morgan fingerprint density at radius 2 is 1.62 bits per heavy atom. The van der Waals surface area contributed by atoms with E-state index < -0.39 is 6.04 Å². The van der Waals surface area contributed by atoms with E-state index in [-0.39, 0.29) is 36.2 Å². The van der Waals surface area contributed by atoms with Gasteiger partial charge in [-0.15, -0.1) is 0 Å². The lowest BCUT2D eigenvalue weighted by Crippen LogP contribution is -2.47. The first-order chi connectivity index (χ1) is 21.2. The van der Waals surface area contributed by atoms with Crippen molar-refractivity contribution in [2.75, 3.05) is 40.3 Å². The molecule has 1 N–H and O–H groups in total. The molecule has 2 aliphatic rings. The fraction of sp³-hybridized carbons (Fsp3) is 0.714. The van der Waals surface area contributed by atoms with Gasteiger partial charge in [-0.25, -0.2) is 0 Å². The van der Waals surface area contributed by atoms with Gasteiger partial charge in [0.1, 0.15) is 11.8 Å². The number of likely N-dealkylation sites (tertiary alicyclic amines) is 2. The van der Waals surface area contributed by atoms with E-state index in [2.05, 4.69) is 44.8 Å². The van der Waals surface area contributed by atoms with E-state index in [1.54, 1.807) is 49.2 Å². The largest absolute Gasteiger partial charge is 0.467 e. The molecule has 0 saturated carbocycles. The van der Waals surface area contributed by atoms with E-state index in [1.807, 2.05) is 19.9 Å². The van der Waals surface area contributed by atoms with E-state index in [9.17, 15) is 19.2 Å². The second-order valence-electron chi connectivity index (χ2n) is 13.4. The predicted octanol–water partition coefficient (Wildman–Crippen LogP) is 4.95. The quantitative estimate of drug-likeness (QED) is 0.274. The molecular formula is C35H61N5O5. The summed E-state index contributed by atoms with van der Waals surface area (Å²) in [7, 11) is 3.36. The van der Waals surface area contributed by atoms with Gasteiger partial charge in [0.25, 0.3) is 0 Å². The average Bonchev–Trinajstić information content (AvgIpc) is 3.70. The van der Waals surface area contributed by atoms with E-state index in [4.69, 9.17) is 4.42 Å². The first-order valence-corrected chi connectivity index (χ1v) is 16.6. The SMILES string of the molecule is C/C(=C\[C@H](C(C)C)N(C)C(=O)CNC=O)C(=O)N1CCC[C@H]1C(=O)N(C)Cc1ccco1.CC(C)C.CC(C)N1CCCCC1. The Bertz CT molecular complexity index is 1040. The molecule has 3 heterocycles. The number of carbonyl (C=O) groups is 4. The molecule has 0 aliphatic carbocycles. The third kappa shape index (κ3) is 14.2. The van der Waals surface area contributed by atoms with Crippen LogP contribution in [0.5, 0.6) is 0 Å². The molecule has 1 aromatic heterocycles. The van der Waals surface area contributed by atoms with E-state index in [1.165, 1.54) is 37.3 Å². The maximum Gasteiger partial charge on any atom is 0.249 e. The van der Waals surface area contributed by atoms with Crippen LogP contribution in [-0.2, 0) is 25.7 Å². The lowest BCUT2D eigenvalue weighted by atomic mass is 9.99. The molecule has 0 aromatic carbocycles. The second-order valence-corrected chi connectivity index (χ2v) is 13.4. The normalized spacial score (nSPS) is 17.7. The summed E-state index contributed by atoms with van der Waals surface area (Å²) in [5.74, 6) is 1.00. The maximum absolute atomic E-state index is 13.2. The first kappa shape index (κ1) is 39.9. The first-order valence-electron chi connectivity index (χ1n) is 16.6. The number of carbonyl (C=O) groups excluding carboxylic acids is 4. The Labute approximate surface area is 272 Å². The highest BCUT2D eigenvalue weighted by Crippen LogP contribution is 2.23. The van der Waals surface area contributed by atoms with E-state index in [0.717, 1.165) is 18.4 Å². The third-order valence-corrected chi connectivity index (χ3v) is 7.89. The van der Waals surface area contributed by atoms with Gasteiger partial charge in [0.2, 0.25) is 24.1 Å². The standard InChI is InChI=1S/C23H34N4O5.C8H17N.C4H10/c1-16(2)20(26(5)21(29)13-24-15-28)12-17(3)22(30)27-10-6-9-19(27)23(31)25(4)14-18-8-7-11-32-18;1-8(2)9-6-4-3-5-7-9;1-4(2)3/h7-8,11-12,15-16,19-20H,6,9-10,13-14H2,1-5H3,(H,24,28);8H,3-7H2,1-2H3;4H,1-3H3/b17-12+;;/t19-,20+;;/m0../s1. The molecule has 3 rings (SSSR count). The Kier molecular flexibility index (Phi) is 18.4. The summed E-state index contributed by atoms with van der Waals surface area (Å²) >= 11 is 0. The average molecular weight is 632 g/mol. The molecule has 0 unspecified atom stereocenters. The molecule has 1 aromatic rings. The number of nitrogens with one attached hydrogen (secondary N) is 1. The van der Waals surface area contributed by atoms with Crippen molar-refractivity contribution in [1.82, 2.24) is 24.9 Å². The summed E-state index contributed by atoms with van der Waals surface area (Å²) < 4.78 is 5.32. The monoisotopic (exact) mass is 631 g/mol. The van der Waals surface area contributed by atoms with Crippen molar-refractivity contribution in [3.63, 3.8) is 0 Å². The van der Waals surface area contributed by atoms with Gasteiger partial charge in [-0.2, -0.15) is 0 Å². The van der Waals surface area contributed by atoms with Gasteiger partial charge in [-0.1, -0.05) is 47.1 Å². The number of amides is 4.